The topological polar surface area (TPSA) is 42.2 Å². The maximum atomic E-state index is 6.08. The number of quaternary nitrogens is 1. The predicted molar refractivity (Wildman–Crippen MR) is 125 cm³/mol. The highest BCUT2D eigenvalue weighted by molar-refractivity contribution is 7.17. The van der Waals surface area contributed by atoms with Gasteiger partial charge in [-0.15, -0.1) is 11.3 Å². The highest BCUT2D eigenvalue weighted by atomic mass is 35.5. The van der Waals surface area contributed by atoms with Crippen molar-refractivity contribution in [2.75, 3.05) is 18.4 Å². The largest absolute Gasteiger partial charge is 0.366 e. The zero-order chi connectivity index (χ0) is 20.3. The van der Waals surface area contributed by atoms with E-state index in [4.69, 9.17) is 11.6 Å². The molecule has 5 rings (SSSR count). The van der Waals surface area contributed by atoms with Crippen LogP contribution in [-0.2, 0) is 6.54 Å². The van der Waals surface area contributed by atoms with Gasteiger partial charge in [-0.25, -0.2) is 9.97 Å². The minimum Gasteiger partial charge on any atom is -0.366 e. The SMILES string of the molecule is Clc1ccc(-c2csc3ncnc(NC4CC[NH+](Cc5ccccc5)CC4)c23)cc1. The van der Waals surface area contributed by atoms with E-state index in [1.54, 1.807) is 22.6 Å². The number of likely N-dealkylation sites (tertiary alicyclic amines) is 1. The molecule has 152 valence electrons. The molecule has 6 heteroatoms. The molecular weight excluding hydrogens is 412 g/mol. The third-order valence-electron chi connectivity index (χ3n) is 5.86. The second kappa shape index (κ2) is 8.72. The molecule has 2 aromatic heterocycles. The van der Waals surface area contributed by atoms with Gasteiger partial charge in [0.25, 0.3) is 0 Å². The number of hydrogen-bond acceptors (Lipinski definition) is 4. The van der Waals surface area contributed by atoms with Gasteiger partial charge in [-0.3, -0.25) is 0 Å². The van der Waals surface area contributed by atoms with Gasteiger partial charge in [0.15, 0.2) is 0 Å². The molecule has 4 nitrogen and oxygen atoms in total. The van der Waals surface area contributed by atoms with E-state index < -0.39 is 0 Å². The third kappa shape index (κ3) is 4.19. The maximum absolute atomic E-state index is 6.08. The van der Waals surface area contributed by atoms with Gasteiger partial charge in [0.2, 0.25) is 0 Å². The van der Waals surface area contributed by atoms with Crippen LogP contribution in [0.25, 0.3) is 21.3 Å². The number of fused-ring (bicyclic) bond motifs is 1. The van der Waals surface area contributed by atoms with Crippen LogP contribution in [0.1, 0.15) is 18.4 Å². The van der Waals surface area contributed by atoms with E-state index in [2.05, 4.69) is 63.1 Å². The lowest BCUT2D eigenvalue weighted by molar-refractivity contribution is -0.918. The molecule has 1 aliphatic heterocycles. The highest BCUT2D eigenvalue weighted by Gasteiger charge is 2.24. The first-order valence-electron chi connectivity index (χ1n) is 10.4. The molecule has 0 saturated carbocycles. The van der Waals surface area contributed by atoms with E-state index in [9.17, 15) is 0 Å². The van der Waals surface area contributed by atoms with Crippen LogP contribution in [-0.4, -0.2) is 29.1 Å². The molecule has 2 N–H and O–H groups in total. The second-order valence-electron chi connectivity index (χ2n) is 7.89. The fourth-order valence-corrected chi connectivity index (χ4v) is 5.29. The Bertz CT molecular complexity index is 1120. The van der Waals surface area contributed by atoms with Crippen molar-refractivity contribution in [3.8, 4) is 11.1 Å². The molecule has 4 aromatic rings. The van der Waals surface area contributed by atoms with Crippen LogP contribution in [0.3, 0.4) is 0 Å². The lowest BCUT2D eigenvalue weighted by Gasteiger charge is -2.30. The standard InChI is InChI=1S/C24H23ClN4S/c25-19-8-6-18(7-9-19)21-15-30-24-22(21)23(26-16-27-24)28-20-10-12-29(13-11-20)14-17-4-2-1-3-5-17/h1-9,15-16,20H,10-14H2,(H,26,27,28)/p+1. The van der Waals surface area contributed by atoms with Gasteiger partial charge in [-0.05, 0) is 17.7 Å². The van der Waals surface area contributed by atoms with E-state index in [-0.39, 0.29) is 0 Å². The molecule has 30 heavy (non-hydrogen) atoms. The Hall–Kier alpha value is -2.47. The lowest BCUT2D eigenvalue weighted by Crippen LogP contribution is -3.12. The number of aromatic nitrogens is 2. The van der Waals surface area contributed by atoms with Crippen LogP contribution >= 0.6 is 22.9 Å². The summed E-state index contributed by atoms with van der Waals surface area (Å²) in [6.07, 6.45) is 3.96. The third-order valence-corrected chi connectivity index (χ3v) is 6.99. The average molecular weight is 436 g/mol. The molecule has 0 aliphatic carbocycles. The summed E-state index contributed by atoms with van der Waals surface area (Å²) in [6.45, 7) is 3.46. The molecule has 0 amide bonds. The van der Waals surface area contributed by atoms with Crippen molar-refractivity contribution >= 4 is 39.0 Å². The van der Waals surface area contributed by atoms with E-state index in [0.717, 1.165) is 46.0 Å². The van der Waals surface area contributed by atoms with Crippen molar-refractivity contribution < 1.29 is 4.90 Å². The molecule has 1 saturated heterocycles. The van der Waals surface area contributed by atoms with Crippen molar-refractivity contribution in [3.63, 3.8) is 0 Å². The summed E-state index contributed by atoms with van der Waals surface area (Å²) in [5.41, 5.74) is 3.73. The Kier molecular flexibility index (Phi) is 5.67. The minimum atomic E-state index is 0.445. The number of benzene rings is 2. The van der Waals surface area contributed by atoms with Gasteiger partial charge in [0, 0.05) is 40.4 Å². The Morgan fingerprint density at radius 3 is 2.53 bits per heavy atom. The molecule has 0 bridgehead atoms. The number of nitrogens with zero attached hydrogens (tertiary/aromatic N) is 2. The monoisotopic (exact) mass is 435 g/mol. The fourth-order valence-electron chi connectivity index (χ4n) is 4.25. The van der Waals surface area contributed by atoms with E-state index in [0.29, 0.717) is 6.04 Å². The quantitative estimate of drug-likeness (QED) is 0.478. The summed E-state index contributed by atoms with van der Waals surface area (Å²) in [5.74, 6) is 0.947. The summed E-state index contributed by atoms with van der Waals surface area (Å²) < 4.78 is 0. The predicted octanol–water partition coefficient (Wildman–Crippen LogP) is 4.67. The Morgan fingerprint density at radius 1 is 1.00 bits per heavy atom. The van der Waals surface area contributed by atoms with Crippen molar-refractivity contribution in [1.29, 1.82) is 0 Å². The molecule has 0 spiro atoms. The molecule has 2 aromatic carbocycles. The van der Waals surface area contributed by atoms with Crippen LogP contribution in [0.2, 0.25) is 5.02 Å². The van der Waals surface area contributed by atoms with Crippen LogP contribution in [0.4, 0.5) is 5.82 Å². The van der Waals surface area contributed by atoms with E-state index >= 15 is 0 Å². The zero-order valence-electron chi connectivity index (χ0n) is 16.6. The van der Waals surface area contributed by atoms with Crippen molar-refractivity contribution in [2.45, 2.75) is 25.4 Å². The minimum absolute atomic E-state index is 0.445. The number of anilines is 1. The molecule has 0 unspecified atom stereocenters. The van der Waals surface area contributed by atoms with Crippen molar-refractivity contribution in [2.24, 2.45) is 0 Å². The smallest absolute Gasteiger partial charge is 0.139 e. The van der Waals surface area contributed by atoms with Crippen LogP contribution in [0.5, 0.6) is 0 Å². The molecule has 1 fully saturated rings. The number of nitrogens with one attached hydrogen (secondary N) is 2. The van der Waals surface area contributed by atoms with Crippen LogP contribution in [0.15, 0.2) is 66.3 Å². The number of rotatable bonds is 5. The summed E-state index contributed by atoms with van der Waals surface area (Å²) in [4.78, 5) is 11.8. The fraction of sp³-hybridized carbons (Fsp3) is 0.250. The van der Waals surface area contributed by atoms with Crippen molar-refractivity contribution in [1.82, 2.24) is 9.97 Å². The first-order valence-corrected chi connectivity index (χ1v) is 11.6. The van der Waals surface area contributed by atoms with Gasteiger partial charge < -0.3 is 10.2 Å². The Morgan fingerprint density at radius 2 is 1.77 bits per heavy atom. The Labute approximate surface area is 185 Å². The first-order chi connectivity index (χ1) is 14.8. The second-order valence-corrected chi connectivity index (χ2v) is 9.18. The van der Waals surface area contributed by atoms with Gasteiger partial charge in [0.1, 0.15) is 23.5 Å². The van der Waals surface area contributed by atoms with Gasteiger partial charge in [-0.2, -0.15) is 0 Å². The zero-order valence-corrected chi connectivity index (χ0v) is 18.2. The highest BCUT2D eigenvalue weighted by Crippen LogP contribution is 2.37. The van der Waals surface area contributed by atoms with E-state index in [1.807, 2.05) is 12.1 Å². The molecule has 3 heterocycles. The molecule has 1 aliphatic rings. The summed E-state index contributed by atoms with van der Waals surface area (Å²) in [5, 5.41) is 7.76. The molecular formula is C24H24ClN4S+. The van der Waals surface area contributed by atoms with Gasteiger partial charge in [0.05, 0.1) is 18.5 Å². The van der Waals surface area contributed by atoms with Crippen LogP contribution < -0.4 is 10.2 Å². The van der Waals surface area contributed by atoms with Gasteiger partial charge >= 0.3 is 0 Å². The molecule has 0 atom stereocenters. The van der Waals surface area contributed by atoms with E-state index in [1.165, 1.54) is 24.2 Å². The van der Waals surface area contributed by atoms with Gasteiger partial charge in [-0.1, -0.05) is 54.1 Å². The number of piperidine rings is 1. The van der Waals surface area contributed by atoms with Crippen molar-refractivity contribution in [3.05, 3.63) is 76.9 Å². The van der Waals surface area contributed by atoms with Crippen LogP contribution in [0, 0.1) is 0 Å². The summed E-state index contributed by atoms with van der Waals surface area (Å²) in [7, 11) is 0. The summed E-state index contributed by atoms with van der Waals surface area (Å²) in [6, 6.07) is 19.2. The maximum Gasteiger partial charge on any atom is 0.139 e. The Balaban J connectivity index is 1.31. The average Bonchev–Trinajstić information content (AvgIpc) is 3.22. The number of thiophene rings is 1. The lowest BCUT2D eigenvalue weighted by atomic mass is 10.0. The summed E-state index contributed by atoms with van der Waals surface area (Å²) >= 11 is 7.74. The number of halogens is 1. The molecule has 0 radical (unpaired) electrons. The number of hydrogen-bond donors (Lipinski definition) is 2. The first kappa shape index (κ1) is 19.5. The normalized spacial score (nSPS) is 19.1.